The van der Waals surface area contributed by atoms with Gasteiger partial charge in [-0.05, 0) is 77.9 Å². The first-order valence-corrected chi connectivity index (χ1v) is 11.1. The van der Waals surface area contributed by atoms with Crippen LogP contribution in [-0.4, -0.2) is 47.1 Å². The zero-order chi connectivity index (χ0) is 23.0. The van der Waals surface area contributed by atoms with Gasteiger partial charge >= 0.3 is 0 Å². The number of likely N-dealkylation sites (tertiary alicyclic amines) is 1. The van der Waals surface area contributed by atoms with Crippen LogP contribution in [0.4, 0.5) is 0 Å². The molecule has 2 aromatic rings. The van der Waals surface area contributed by atoms with Crippen molar-refractivity contribution in [1.29, 1.82) is 0 Å². The number of nitrogens with one attached hydrogen (secondary N) is 2. The van der Waals surface area contributed by atoms with Crippen molar-refractivity contribution in [2.45, 2.75) is 57.7 Å². The number of hydrogen-bond donors (Lipinski definition) is 2. The van der Waals surface area contributed by atoms with Crippen LogP contribution in [0.3, 0.4) is 0 Å². The zero-order valence-corrected chi connectivity index (χ0v) is 20.5. The molecule has 168 valence electrons. The van der Waals surface area contributed by atoms with Gasteiger partial charge in [0.1, 0.15) is 0 Å². The highest BCUT2D eigenvalue weighted by atomic mass is 35.5. The summed E-state index contributed by atoms with van der Waals surface area (Å²) in [4.78, 5) is 18.5. The Morgan fingerprint density at radius 2 is 1.77 bits per heavy atom. The first-order valence-electron chi connectivity index (χ1n) is 10.4. The Kier molecular flexibility index (Phi) is 6.80. The van der Waals surface area contributed by atoms with Gasteiger partial charge in [-0.3, -0.25) is 9.69 Å². The second-order valence-corrected chi connectivity index (χ2v) is 10.2. The van der Waals surface area contributed by atoms with Gasteiger partial charge in [-0.1, -0.05) is 29.3 Å². The lowest BCUT2D eigenvalue weighted by atomic mass is 9.77. The van der Waals surface area contributed by atoms with Crippen LogP contribution in [0.2, 0.25) is 10.0 Å². The summed E-state index contributed by atoms with van der Waals surface area (Å²) >= 11 is 12.2. The second-order valence-electron chi connectivity index (χ2n) is 9.43. The van der Waals surface area contributed by atoms with Crippen molar-refractivity contribution in [1.82, 2.24) is 15.2 Å². The van der Waals surface area contributed by atoms with Crippen molar-refractivity contribution in [3.8, 4) is 0 Å². The minimum atomic E-state index is -0.205. The van der Waals surface area contributed by atoms with Crippen LogP contribution >= 0.6 is 23.2 Å². The third-order valence-electron chi connectivity index (χ3n) is 6.29. The fraction of sp³-hybridized carbons (Fsp3) is 0.458. The SMILES string of the molecule is CO/C(=C\C=C/c1cc2cc(Cl)c(Cl)cc2[nH]1)C(=O)NC1CC(C)(C)N(C)C(C)(C)C1. The van der Waals surface area contributed by atoms with E-state index in [0.29, 0.717) is 10.0 Å². The van der Waals surface area contributed by atoms with Gasteiger partial charge in [0.2, 0.25) is 0 Å². The number of allylic oxidation sites excluding steroid dienone is 2. The number of benzene rings is 1. The number of rotatable bonds is 5. The third kappa shape index (κ3) is 5.28. The van der Waals surface area contributed by atoms with Crippen molar-refractivity contribution in [2.24, 2.45) is 0 Å². The molecule has 1 amide bonds. The Labute approximate surface area is 194 Å². The summed E-state index contributed by atoms with van der Waals surface area (Å²) in [5.74, 6) is 0.0662. The number of hydrogen-bond acceptors (Lipinski definition) is 3. The molecule has 7 heteroatoms. The number of amides is 1. The molecule has 0 unspecified atom stereocenters. The predicted octanol–water partition coefficient (Wildman–Crippen LogP) is 5.79. The highest BCUT2D eigenvalue weighted by Gasteiger charge is 2.43. The maximum Gasteiger partial charge on any atom is 0.286 e. The average Bonchev–Trinajstić information content (AvgIpc) is 3.04. The Bertz CT molecular complexity index is 980. The van der Waals surface area contributed by atoms with Crippen molar-refractivity contribution >= 4 is 46.1 Å². The van der Waals surface area contributed by atoms with Crippen LogP contribution in [0, 0.1) is 0 Å². The molecule has 3 rings (SSSR count). The van der Waals surface area contributed by atoms with Gasteiger partial charge in [0.15, 0.2) is 5.76 Å². The average molecular weight is 464 g/mol. The van der Waals surface area contributed by atoms with E-state index >= 15 is 0 Å². The molecular weight excluding hydrogens is 433 g/mol. The van der Waals surface area contributed by atoms with E-state index in [1.165, 1.54) is 7.11 Å². The van der Waals surface area contributed by atoms with E-state index < -0.39 is 0 Å². The number of halogens is 2. The summed E-state index contributed by atoms with van der Waals surface area (Å²) in [5.41, 5.74) is 1.77. The Hall–Kier alpha value is -1.95. The fourth-order valence-electron chi connectivity index (χ4n) is 4.44. The molecule has 0 atom stereocenters. The molecule has 1 aliphatic rings. The molecule has 0 aliphatic carbocycles. The molecule has 5 nitrogen and oxygen atoms in total. The van der Waals surface area contributed by atoms with Crippen molar-refractivity contribution < 1.29 is 9.53 Å². The Morgan fingerprint density at radius 3 is 2.39 bits per heavy atom. The molecular formula is C24H31Cl2N3O2. The number of methoxy groups -OCH3 is 1. The molecule has 1 saturated heterocycles. The standard InChI is InChI=1S/C24H31Cl2N3O2/c1-23(2)13-17(14-24(3,4)29(23)5)28-22(30)21(31-6)9-7-8-16-10-15-11-18(25)19(26)12-20(15)27-16/h7-12,17,27H,13-14H2,1-6H3,(H,28,30)/b8-7-,21-9-. The maximum absolute atomic E-state index is 12.8. The number of H-pyrrole nitrogens is 1. The van der Waals surface area contributed by atoms with Gasteiger partial charge in [0, 0.05) is 33.7 Å². The summed E-state index contributed by atoms with van der Waals surface area (Å²) in [5, 5.41) is 5.14. The van der Waals surface area contributed by atoms with Crippen molar-refractivity contribution in [3.05, 3.63) is 51.8 Å². The number of ether oxygens (including phenoxy) is 1. The molecule has 0 bridgehead atoms. The monoisotopic (exact) mass is 463 g/mol. The molecule has 0 radical (unpaired) electrons. The van der Waals surface area contributed by atoms with Crippen LogP contribution < -0.4 is 5.32 Å². The van der Waals surface area contributed by atoms with E-state index in [1.807, 2.05) is 18.2 Å². The number of nitrogens with zero attached hydrogens (tertiary/aromatic N) is 1. The van der Waals surface area contributed by atoms with Gasteiger partial charge in [-0.25, -0.2) is 0 Å². The molecule has 31 heavy (non-hydrogen) atoms. The van der Waals surface area contributed by atoms with Crippen LogP contribution in [0.15, 0.2) is 36.1 Å². The first-order chi connectivity index (χ1) is 14.4. The normalized spacial score (nSPS) is 19.8. The minimum Gasteiger partial charge on any atom is -0.491 e. The van der Waals surface area contributed by atoms with Gasteiger partial charge < -0.3 is 15.0 Å². The molecule has 1 fully saturated rings. The lowest BCUT2D eigenvalue weighted by Gasteiger charge is -2.53. The topological polar surface area (TPSA) is 57.4 Å². The molecule has 0 saturated carbocycles. The smallest absolute Gasteiger partial charge is 0.286 e. The van der Waals surface area contributed by atoms with Gasteiger partial charge in [-0.2, -0.15) is 0 Å². The molecule has 1 aliphatic heterocycles. The summed E-state index contributed by atoms with van der Waals surface area (Å²) in [6, 6.07) is 5.67. The van der Waals surface area contributed by atoms with Crippen LogP contribution in [0.5, 0.6) is 0 Å². The van der Waals surface area contributed by atoms with Crippen LogP contribution in [0.1, 0.15) is 46.2 Å². The minimum absolute atomic E-state index is 0.00202. The Morgan fingerprint density at radius 1 is 1.16 bits per heavy atom. The van der Waals surface area contributed by atoms with E-state index in [2.05, 4.69) is 49.9 Å². The van der Waals surface area contributed by atoms with E-state index in [0.717, 1.165) is 29.4 Å². The number of aromatic amines is 1. The highest BCUT2D eigenvalue weighted by Crippen LogP contribution is 2.37. The summed E-state index contributed by atoms with van der Waals surface area (Å²) in [6.45, 7) is 8.85. The fourth-order valence-corrected chi connectivity index (χ4v) is 4.78. The Balaban J connectivity index is 1.70. The quantitative estimate of drug-likeness (QED) is 0.335. The number of carbonyl (C=O) groups excluding carboxylic acids is 1. The predicted molar refractivity (Wildman–Crippen MR) is 130 cm³/mol. The zero-order valence-electron chi connectivity index (χ0n) is 19.0. The highest BCUT2D eigenvalue weighted by molar-refractivity contribution is 6.42. The van der Waals surface area contributed by atoms with Gasteiger partial charge in [-0.15, -0.1) is 0 Å². The van der Waals surface area contributed by atoms with Crippen molar-refractivity contribution in [2.75, 3.05) is 14.2 Å². The van der Waals surface area contributed by atoms with Gasteiger partial charge in [0.25, 0.3) is 5.91 Å². The number of fused-ring (bicyclic) bond motifs is 1. The molecule has 0 spiro atoms. The summed E-state index contributed by atoms with van der Waals surface area (Å²) in [6.07, 6.45) is 7.09. The lowest BCUT2D eigenvalue weighted by Crippen LogP contribution is -2.62. The second kappa shape index (κ2) is 8.89. The van der Waals surface area contributed by atoms with Crippen LogP contribution in [0.25, 0.3) is 17.0 Å². The summed E-state index contributed by atoms with van der Waals surface area (Å²) < 4.78 is 5.35. The molecule has 1 aromatic carbocycles. The lowest BCUT2D eigenvalue weighted by molar-refractivity contribution is -0.122. The van der Waals surface area contributed by atoms with Crippen molar-refractivity contribution in [3.63, 3.8) is 0 Å². The summed E-state index contributed by atoms with van der Waals surface area (Å²) in [7, 11) is 3.66. The molecule has 1 aromatic heterocycles. The number of piperidine rings is 1. The van der Waals surface area contributed by atoms with E-state index in [1.54, 1.807) is 18.2 Å². The first kappa shape index (κ1) is 23.7. The molecule has 2 N–H and O–H groups in total. The third-order valence-corrected chi connectivity index (χ3v) is 7.01. The maximum atomic E-state index is 12.8. The van der Waals surface area contributed by atoms with E-state index in [4.69, 9.17) is 27.9 Å². The van der Waals surface area contributed by atoms with Crippen LogP contribution in [-0.2, 0) is 9.53 Å². The van der Waals surface area contributed by atoms with Gasteiger partial charge in [0.05, 0.1) is 17.2 Å². The van der Waals surface area contributed by atoms with E-state index in [-0.39, 0.29) is 28.8 Å². The number of carbonyl (C=O) groups is 1. The largest absolute Gasteiger partial charge is 0.491 e. The van der Waals surface area contributed by atoms with E-state index in [9.17, 15) is 4.79 Å². The molecule has 2 heterocycles. The number of aromatic nitrogens is 1.